The minimum atomic E-state index is -0.425. The van der Waals surface area contributed by atoms with Gasteiger partial charge in [0.25, 0.3) is 0 Å². The maximum atomic E-state index is 13.6. The third-order valence-electron chi connectivity index (χ3n) is 9.89. The normalized spacial score (nSPS) is 19.0. The van der Waals surface area contributed by atoms with Crippen LogP contribution in [0.1, 0.15) is 83.1 Å². The first-order valence-electron chi connectivity index (χ1n) is 18.6. The summed E-state index contributed by atoms with van der Waals surface area (Å²) in [7, 11) is 3.73. The maximum absolute atomic E-state index is 13.6. The van der Waals surface area contributed by atoms with E-state index in [0.717, 1.165) is 50.0 Å². The number of aromatic nitrogens is 3. The van der Waals surface area contributed by atoms with Crippen LogP contribution in [-0.2, 0) is 11.3 Å². The van der Waals surface area contributed by atoms with Gasteiger partial charge in [-0.05, 0) is 69.3 Å². The van der Waals surface area contributed by atoms with Gasteiger partial charge in [-0.15, -0.1) is 0 Å². The number of hydrogen-bond acceptors (Lipinski definition) is 9. The van der Waals surface area contributed by atoms with Crippen molar-refractivity contribution in [2.45, 2.75) is 84.5 Å². The lowest BCUT2D eigenvalue weighted by atomic mass is 9.85. The van der Waals surface area contributed by atoms with Crippen molar-refractivity contribution in [3.8, 4) is 5.75 Å². The number of allylic oxidation sites excluding steroid dienone is 1. The number of benzene rings is 1. The summed E-state index contributed by atoms with van der Waals surface area (Å²) in [6.45, 7) is 11.8. The Hall–Kier alpha value is -4.95. The van der Waals surface area contributed by atoms with Gasteiger partial charge in [0.1, 0.15) is 23.2 Å². The number of likely N-dealkylation sites (N-methyl/N-ethyl adjacent to an activating group) is 1. The van der Waals surface area contributed by atoms with Crippen molar-refractivity contribution in [1.29, 1.82) is 16.2 Å². The van der Waals surface area contributed by atoms with Crippen LogP contribution in [0.2, 0.25) is 0 Å². The Morgan fingerprint density at radius 3 is 2.57 bits per heavy atom. The average molecular weight is 728 g/mol. The van der Waals surface area contributed by atoms with Crippen molar-refractivity contribution < 1.29 is 14.3 Å². The van der Waals surface area contributed by atoms with E-state index in [2.05, 4.69) is 37.8 Å². The van der Waals surface area contributed by atoms with Crippen LogP contribution in [0.3, 0.4) is 0 Å². The first-order chi connectivity index (χ1) is 25.3. The number of carbonyl (C=O) groups excluding carboxylic acids is 1. The number of anilines is 1. The van der Waals surface area contributed by atoms with Crippen LogP contribution in [0.25, 0.3) is 0 Å². The molecular formula is C39H57N11O3. The van der Waals surface area contributed by atoms with E-state index in [0.29, 0.717) is 54.9 Å². The highest BCUT2D eigenvalue weighted by molar-refractivity contribution is 5.97. The summed E-state index contributed by atoms with van der Waals surface area (Å²) in [6.07, 6.45) is 11.2. The predicted molar refractivity (Wildman–Crippen MR) is 207 cm³/mol. The molecule has 2 aromatic heterocycles. The van der Waals surface area contributed by atoms with E-state index >= 15 is 0 Å². The first kappa shape index (κ1) is 39.3. The minimum absolute atomic E-state index is 0.232. The van der Waals surface area contributed by atoms with Crippen LogP contribution in [0, 0.1) is 21.6 Å². The number of ether oxygens (including phenoxy) is 2. The van der Waals surface area contributed by atoms with Gasteiger partial charge in [0.05, 0.1) is 37.3 Å². The second-order valence-electron chi connectivity index (χ2n) is 15.1. The number of rotatable bonds is 13. The molecule has 5 rings (SSSR count). The lowest BCUT2D eigenvalue weighted by Gasteiger charge is -2.36. The molecule has 0 bridgehead atoms. The smallest absolute Gasteiger partial charge is 0.320 e. The van der Waals surface area contributed by atoms with E-state index in [1.54, 1.807) is 42.3 Å². The second kappa shape index (κ2) is 17.7. The SMILES string of the molecule is COCCN(C)CCn1cc(N/C(=C\C(=N)C(C)(C)C)NC(=O)NC2CCC(Oc3ccc(=N)n(C(=N)N4CCCCC4C)c3)c3ccccc32)cn1. The summed E-state index contributed by atoms with van der Waals surface area (Å²) >= 11 is 0. The zero-order chi connectivity index (χ0) is 38.1. The maximum Gasteiger partial charge on any atom is 0.320 e. The Labute approximate surface area is 313 Å². The van der Waals surface area contributed by atoms with Gasteiger partial charge in [-0.25, -0.2) is 4.79 Å². The Morgan fingerprint density at radius 1 is 1.06 bits per heavy atom. The molecule has 1 aliphatic carbocycles. The highest BCUT2D eigenvalue weighted by atomic mass is 16.5. The third-order valence-corrected chi connectivity index (χ3v) is 9.89. The topological polar surface area (TPSA) is 172 Å². The zero-order valence-corrected chi connectivity index (χ0v) is 32.0. The molecule has 3 aromatic rings. The summed E-state index contributed by atoms with van der Waals surface area (Å²) in [5.74, 6) is 1.26. The number of nitrogens with one attached hydrogen (secondary N) is 6. The number of likely N-dealkylation sites (tertiary alicyclic amines) is 1. The molecule has 14 heteroatoms. The Bertz CT molecular complexity index is 1820. The lowest BCUT2D eigenvalue weighted by Crippen LogP contribution is -2.47. The molecule has 1 aromatic carbocycles. The fraction of sp³-hybridized carbons (Fsp3) is 0.513. The van der Waals surface area contributed by atoms with Crippen molar-refractivity contribution in [1.82, 2.24) is 34.8 Å². The van der Waals surface area contributed by atoms with Crippen molar-refractivity contribution >= 4 is 23.4 Å². The quantitative estimate of drug-likeness (QED) is 0.0972. The average Bonchev–Trinajstić information content (AvgIpc) is 3.58. The van der Waals surface area contributed by atoms with E-state index in [9.17, 15) is 4.79 Å². The van der Waals surface area contributed by atoms with Gasteiger partial charge in [-0.3, -0.25) is 25.4 Å². The Morgan fingerprint density at radius 2 is 1.83 bits per heavy atom. The van der Waals surface area contributed by atoms with Gasteiger partial charge in [0.15, 0.2) is 0 Å². The molecule has 1 aliphatic heterocycles. The molecule has 286 valence electrons. The fourth-order valence-corrected chi connectivity index (χ4v) is 6.58. The zero-order valence-electron chi connectivity index (χ0n) is 32.0. The Balaban J connectivity index is 1.26. The van der Waals surface area contributed by atoms with Crippen molar-refractivity contribution in [2.24, 2.45) is 5.41 Å². The molecule has 53 heavy (non-hydrogen) atoms. The van der Waals surface area contributed by atoms with E-state index in [4.69, 9.17) is 25.7 Å². The number of nitrogens with zero attached hydrogens (tertiary/aromatic N) is 5. The molecule has 2 aliphatic rings. The van der Waals surface area contributed by atoms with Crippen molar-refractivity contribution in [3.63, 3.8) is 0 Å². The van der Waals surface area contributed by atoms with Gasteiger partial charge in [0, 0.05) is 56.2 Å². The van der Waals surface area contributed by atoms with Gasteiger partial charge in [-0.1, -0.05) is 45.0 Å². The molecular weight excluding hydrogens is 671 g/mol. The molecule has 1 saturated heterocycles. The van der Waals surface area contributed by atoms with Crippen LogP contribution < -0.4 is 26.2 Å². The molecule has 14 nitrogen and oxygen atoms in total. The molecule has 6 N–H and O–H groups in total. The molecule has 3 heterocycles. The van der Waals surface area contributed by atoms with Gasteiger partial charge < -0.3 is 35.3 Å². The summed E-state index contributed by atoms with van der Waals surface area (Å²) in [5, 5.41) is 39.9. The van der Waals surface area contributed by atoms with Gasteiger partial charge >= 0.3 is 6.03 Å². The third kappa shape index (κ3) is 10.6. The molecule has 1 fully saturated rings. The van der Waals surface area contributed by atoms with E-state index in [1.165, 1.54) is 0 Å². The fourth-order valence-electron chi connectivity index (χ4n) is 6.58. The first-order valence-corrected chi connectivity index (χ1v) is 18.6. The summed E-state index contributed by atoms with van der Waals surface area (Å²) in [4.78, 5) is 17.8. The molecule has 0 spiro atoms. The highest BCUT2D eigenvalue weighted by Gasteiger charge is 2.30. The van der Waals surface area contributed by atoms with Crippen LogP contribution in [-0.4, -0.2) is 88.3 Å². The van der Waals surface area contributed by atoms with Crippen LogP contribution >= 0.6 is 0 Å². The highest BCUT2D eigenvalue weighted by Crippen LogP contribution is 2.38. The van der Waals surface area contributed by atoms with Crippen LogP contribution in [0.4, 0.5) is 10.5 Å². The van der Waals surface area contributed by atoms with Gasteiger partial charge in [-0.2, -0.15) is 5.10 Å². The summed E-state index contributed by atoms with van der Waals surface area (Å²) in [5.41, 5.74) is 2.81. The lowest BCUT2D eigenvalue weighted by molar-refractivity contribution is 0.159. The second-order valence-corrected chi connectivity index (χ2v) is 15.1. The molecule has 2 amide bonds. The molecule has 0 saturated carbocycles. The number of methoxy groups -OCH3 is 1. The van der Waals surface area contributed by atoms with Gasteiger partial charge in [0.2, 0.25) is 5.96 Å². The molecule has 0 radical (unpaired) electrons. The number of amides is 2. The monoisotopic (exact) mass is 727 g/mol. The minimum Gasteiger partial charge on any atom is -0.484 e. The van der Waals surface area contributed by atoms with Crippen molar-refractivity contribution in [3.05, 3.63) is 83.5 Å². The van der Waals surface area contributed by atoms with Crippen LogP contribution in [0.5, 0.6) is 5.75 Å². The van der Waals surface area contributed by atoms with E-state index in [-0.39, 0.29) is 23.7 Å². The largest absolute Gasteiger partial charge is 0.484 e. The molecule has 3 atom stereocenters. The number of pyridine rings is 1. The summed E-state index contributed by atoms with van der Waals surface area (Å²) < 4.78 is 15.1. The number of carbonyl (C=O) groups is 1. The number of urea groups is 1. The van der Waals surface area contributed by atoms with E-state index in [1.807, 2.05) is 63.0 Å². The predicted octanol–water partition coefficient (Wildman–Crippen LogP) is 5.67. The number of piperidine rings is 1. The Kier molecular flexibility index (Phi) is 13.1. The summed E-state index contributed by atoms with van der Waals surface area (Å²) in [6, 6.07) is 11.0. The van der Waals surface area contributed by atoms with Crippen molar-refractivity contribution in [2.75, 3.05) is 45.7 Å². The number of hydrogen-bond donors (Lipinski definition) is 6. The van der Waals surface area contributed by atoms with E-state index < -0.39 is 11.4 Å². The molecule has 3 unspecified atom stereocenters. The standard InChI is InChI=1S/C39H57N11O3/c1-27-11-9-10-18-49(27)37(42)50-26-29(14-17-35(50)41)53-33-16-15-32(30-12-7-8-13-31(30)33)45-38(51)46-36(23-34(40)39(2,3)4)44-28-24-43-48(25-28)20-19-47(5)21-22-52-6/h7-8,12-14,17,23-27,32-33,40-42,44H,9-11,15-16,18-22H2,1-6H3,(H2,45,46,51)/b36-23+,40-34?,41-35?,42-37?. The van der Waals surface area contributed by atoms with Crippen LogP contribution in [0.15, 0.2) is 66.9 Å². The number of fused-ring (bicyclic) bond motifs is 1.